The Morgan fingerprint density at radius 3 is 2.56 bits per heavy atom. The van der Waals surface area contributed by atoms with Gasteiger partial charge in [0.1, 0.15) is 5.75 Å². The fraction of sp³-hybridized carbons (Fsp3) is 0.333. The maximum Gasteiger partial charge on any atom is 0.255 e. The van der Waals surface area contributed by atoms with E-state index in [1.54, 1.807) is 23.9 Å². The van der Waals surface area contributed by atoms with Gasteiger partial charge >= 0.3 is 0 Å². The quantitative estimate of drug-likeness (QED) is 0.293. The highest BCUT2D eigenvalue weighted by molar-refractivity contribution is 7.99. The number of thioether (sulfide) groups is 1. The number of allylic oxidation sites excluding steroid dienone is 1. The molecule has 9 heteroatoms. The van der Waals surface area contributed by atoms with E-state index in [9.17, 15) is 9.59 Å². The molecule has 1 atom stereocenters. The van der Waals surface area contributed by atoms with Gasteiger partial charge in [0.25, 0.3) is 5.91 Å². The highest BCUT2D eigenvalue weighted by Gasteiger charge is 2.34. The minimum absolute atomic E-state index is 0.0191. The van der Waals surface area contributed by atoms with E-state index < -0.39 is 0 Å². The highest BCUT2D eigenvalue weighted by Crippen LogP contribution is 2.36. The lowest BCUT2D eigenvalue weighted by Gasteiger charge is -2.29. The van der Waals surface area contributed by atoms with Crippen LogP contribution in [-0.2, 0) is 4.79 Å². The van der Waals surface area contributed by atoms with E-state index >= 15 is 0 Å². The molecule has 1 amide bonds. The molecule has 0 spiro atoms. The Kier molecular flexibility index (Phi) is 7.79. The van der Waals surface area contributed by atoms with Crippen LogP contribution in [0.4, 0.5) is 11.6 Å². The molecule has 188 valence electrons. The first-order chi connectivity index (χ1) is 17.3. The zero-order valence-electron chi connectivity index (χ0n) is 21.2. The van der Waals surface area contributed by atoms with Gasteiger partial charge in [-0.15, -0.1) is 5.10 Å². The van der Waals surface area contributed by atoms with Crippen molar-refractivity contribution in [2.24, 2.45) is 5.92 Å². The van der Waals surface area contributed by atoms with E-state index in [-0.39, 0.29) is 23.5 Å². The second-order valence-corrected chi connectivity index (χ2v) is 10.1. The summed E-state index contributed by atoms with van der Waals surface area (Å²) in [5, 5.41) is 11.4. The second kappa shape index (κ2) is 11.0. The Bertz CT molecular complexity index is 1300. The summed E-state index contributed by atoms with van der Waals surface area (Å²) in [5.41, 5.74) is 3.70. The van der Waals surface area contributed by atoms with Crippen molar-refractivity contribution in [1.82, 2.24) is 14.8 Å². The van der Waals surface area contributed by atoms with Gasteiger partial charge in [0.2, 0.25) is 11.1 Å². The minimum atomic E-state index is -0.300. The first-order valence-corrected chi connectivity index (χ1v) is 12.9. The molecule has 0 aliphatic carbocycles. The molecule has 0 radical (unpaired) electrons. The summed E-state index contributed by atoms with van der Waals surface area (Å²) in [4.78, 5) is 30.7. The molecule has 1 aromatic heterocycles. The lowest BCUT2D eigenvalue weighted by Crippen LogP contribution is -2.31. The number of rotatable bonds is 9. The van der Waals surface area contributed by atoms with Gasteiger partial charge in [0.15, 0.2) is 5.78 Å². The van der Waals surface area contributed by atoms with Gasteiger partial charge in [-0.1, -0.05) is 67.6 Å². The smallest absolute Gasteiger partial charge is 0.255 e. The van der Waals surface area contributed by atoms with Gasteiger partial charge < -0.3 is 15.4 Å². The van der Waals surface area contributed by atoms with Crippen molar-refractivity contribution in [2.75, 3.05) is 23.5 Å². The van der Waals surface area contributed by atoms with Crippen LogP contribution in [-0.4, -0.2) is 39.3 Å². The molecular formula is C27H31N5O3S. The van der Waals surface area contributed by atoms with Gasteiger partial charge in [0, 0.05) is 11.3 Å². The van der Waals surface area contributed by atoms with Gasteiger partial charge in [-0.2, -0.15) is 4.98 Å². The molecule has 36 heavy (non-hydrogen) atoms. The standard InChI is InChI=1S/C27H31N5O3S/c1-16(2)14-21-24(25(34)29-20-8-6-7-9-23(20)35-5)18(4)28-26-30-27(31-32(21)26)36-15-22(33)19-12-10-17(3)11-13-19/h6-13,16,21H,14-15H2,1-5H3,(H,29,34)(H,28,30,31). The van der Waals surface area contributed by atoms with E-state index in [0.29, 0.717) is 46.0 Å². The maximum absolute atomic E-state index is 13.5. The van der Waals surface area contributed by atoms with Crippen molar-refractivity contribution >= 4 is 35.1 Å². The van der Waals surface area contributed by atoms with Crippen LogP contribution in [0, 0.1) is 12.8 Å². The summed E-state index contributed by atoms with van der Waals surface area (Å²) in [6.07, 6.45) is 0.705. The highest BCUT2D eigenvalue weighted by atomic mass is 32.2. The van der Waals surface area contributed by atoms with E-state index in [2.05, 4.69) is 34.6 Å². The Morgan fingerprint density at radius 1 is 1.14 bits per heavy atom. The molecular weight excluding hydrogens is 474 g/mol. The van der Waals surface area contributed by atoms with Crippen LogP contribution in [0.2, 0.25) is 0 Å². The first-order valence-electron chi connectivity index (χ1n) is 11.9. The number of amides is 1. The molecule has 0 saturated carbocycles. The Morgan fingerprint density at radius 2 is 1.86 bits per heavy atom. The number of aromatic nitrogens is 3. The van der Waals surface area contributed by atoms with Gasteiger partial charge in [-0.3, -0.25) is 9.59 Å². The van der Waals surface area contributed by atoms with E-state index in [0.717, 1.165) is 11.3 Å². The van der Waals surface area contributed by atoms with Crippen LogP contribution in [0.5, 0.6) is 5.75 Å². The topological polar surface area (TPSA) is 98.1 Å². The van der Waals surface area contributed by atoms with E-state index in [4.69, 9.17) is 4.74 Å². The lowest BCUT2D eigenvalue weighted by atomic mass is 9.94. The number of Topliss-reactive ketones (excluding diaryl/α,β-unsaturated/α-hetero) is 1. The summed E-state index contributed by atoms with van der Waals surface area (Å²) >= 11 is 1.29. The Hall–Kier alpha value is -3.59. The summed E-state index contributed by atoms with van der Waals surface area (Å²) in [6.45, 7) is 8.08. The number of hydrogen-bond donors (Lipinski definition) is 2. The van der Waals surface area contributed by atoms with Gasteiger partial charge in [-0.05, 0) is 38.3 Å². The molecule has 0 fully saturated rings. The molecule has 1 aliphatic heterocycles. The van der Waals surface area contributed by atoms with Crippen molar-refractivity contribution in [2.45, 2.75) is 45.3 Å². The van der Waals surface area contributed by atoms with Crippen molar-refractivity contribution in [3.8, 4) is 5.75 Å². The summed E-state index contributed by atoms with van der Waals surface area (Å²) in [5.74, 6) is 1.50. The van der Waals surface area contributed by atoms with Crippen LogP contribution >= 0.6 is 11.8 Å². The number of para-hydroxylation sites is 2. The molecule has 2 heterocycles. The molecule has 8 nitrogen and oxygen atoms in total. The number of anilines is 2. The van der Waals surface area contributed by atoms with Crippen LogP contribution in [0.1, 0.15) is 49.2 Å². The summed E-state index contributed by atoms with van der Waals surface area (Å²) < 4.78 is 7.16. The van der Waals surface area contributed by atoms with E-state index in [1.165, 1.54) is 11.8 Å². The second-order valence-electron chi connectivity index (χ2n) is 9.20. The molecule has 2 aromatic carbocycles. The number of methoxy groups -OCH3 is 1. The third-order valence-corrected chi connectivity index (χ3v) is 6.78. The van der Waals surface area contributed by atoms with Crippen molar-refractivity contribution in [3.05, 3.63) is 70.9 Å². The molecule has 1 aliphatic rings. The van der Waals surface area contributed by atoms with Crippen molar-refractivity contribution < 1.29 is 14.3 Å². The number of carbonyl (C=O) groups excluding carboxylic acids is 2. The third-order valence-electron chi connectivity index (χ3n) is 5.94. The summed E-state index contributed by atoms with van der Waals surface area (Å²) in [6, 6.07) is 14.5. The van der Waals surface area contributed by atoms with Crippen molar-refractivity contribution in [3.63, 3.8) is 0 Å². The molecule has 2 N–H and O–H groups in total. The Labute approximate surface area is 215 Å². The molecule has 4 rings (SSSR count). The lowest BCUT2D eigenvalue weighted by molar-refractivity contribution is -0.113. The molecule has 0 bridgehead atoms. The average molecular weight is 506 g/mol. The third kappa shape index (κ3) is 5.62. The SMILES string of the molecule is COc1ccccc1NC(=O)C1=C(C)Nc2nc(SCC(=O)c3ccc(C)cc3)nn2C1CC(C)C. The van der Waals surface area contributed by atoms with Gasteiger partial charge in [-0.25, -0.2) is 4.68 Å². The fourth-order valence-electron chi connectivity index (χ4n) is 4.15. The number of ether oxygens (including phenoxy) is 1. The molecule has 0 saturated heterocycles. The van der Waals surface area contributed by atoms with Crippen LogP contribution < -0.4 is 15.4 Å². The zero-order chi connectivity index (χ0) is 25.8. The number of nitrogens with one attached hydrogen (secondary N) is 2. The summed E-state index contributed by atoms with van der Waals surface area (Å²) in [7, 11) is 1.57. The van der Waals surface area contributed by atoms with Crippen LogP contribution in [0.3, 0.4) is 0 Å². The predicted molar refractivity (Wildman–Crippen MR) is 143 cm³/mol. The largest absolute Gasteiger partial charge is 0.495 e. The normalized spacial score (nSPS) is 14.9. The van der Waals surface area contributed by atoms with E-state index in [1.807, 2.05) is 50.2 Å². The molecule has 3 aromatic rings. The maximum atomic E-state index is 13.5. The zero-order valence-corrected chi connectivity index (χ0v) is 22.0. The first kappa shape index (κ1) is 25.5. The number of nitrogens with zero attached hydrogens (tertiary/aromatic N) is 3. The monoisotopic (exact) mass is 505 g/mol. The molecule has 1 unspecified atom stereocenters. The predicted octanol–water partition coefficient (Wildman–Crippen LogP) is 5.50. The van der Waals surface area contributed by atoms with Crippen molar-refractivity contribution in [1.29, 1.82) is 0 Å². The van der Waals surface area contributed by atoms with Gasteiger partial charge in [0.05, 0.1) is 30.2 Å². The minimum Gasteiger partial charge on any atom is -0.495 e. The number of benzene rings is 2. The average Bonchev–Trinajstić information content (AvgIpc) is 3.25. The number of fused-ring (bicyclic) bond motifs is 1. The van der Waals surface area contributed by atoms with Crippen LogP contribution in [0.25, 0.3) is 0 Å². The number of carbonyl (C=O) groups is 2. The fourth-order valence-corrected chi connectivity index (χ4v) is 4.87. The number of hydrogen-bond acceptors (Lipinski definition) is 7. The number of aryl methyl sites for hydroxylation is 1. The Balaban J connectivity index is 1.55. The van der Waals surface area contributed by atoms with Crippen LogP contribution in [0.15, 0.2) is 65.0 Å². The number of ketones is 1.